The van der Waals surface area contributed by atoms with E-state index < -0.39 is 0 Å². The molecule has 8 heteroatoms. The number of carbonyl (C=O) groups excluding carboxylic acids is 1. The second-order valence-corrected chi connectivity index (χ2v) is 6.52. The molecule has 0 saturated heterocycles. The summed E-state index contributed by atoms with van der Waals surface area (Å²) in [6, 6.07) is 4.15. The van der Waals surface area contributed by atoms with Crippen molar-refractivity contribution in [2.24, 2.45) is 0 Å². The number of amides is 1. The highest BCUT2D eigenvalue weighted by molar-refractivity contribution is 5.96. The summed E-state index contributed by atoms with van der Waals surface area (Å²) in [5, 5.41) is 1.69. The molecule has 4 heterocycles. The van der Waals surface area contributed by atoms with Gasteiger partial charge in [0.15, 0.2) is 0 Å². The molecule has 0 spiro atoms. The van der Waals surface area contributed by atoms with E-state index in [1.165, 1.54) is 0 Å². The van der Waals surface area contributed by atoms with Crippen molar-refractivity contribution in [2.45, 2.75) is 26.4 Å². The number of aromatic nitrogens is 1. The average molecular weight is 390 g/mol. The SMILES string of the molecule is CCN1C2=C(C=CC1C)N(Cc1ccncc1)C(=O)C1=CN(OC)CN12.Cl. The highest BCUT2D eigenvalue weighted by Gasteiger charge is 2.42. The topological polar surface area (TPSA) is 52.1 Å². The number of hydroxylamine groups is 2. The number of halogens is 1. The van der Waals surface area contributed by atoms with E-state index in [0.717, 1.165) is 23.6 Å². The van der Waals surface area contributed by atoms with E-state index in [9.17, 15) is 4.79 Å². The van der Waals surface area contributed by atoms with E-state index in [4.69, 9.17) is 4.84 Å². The fourth-order valence-electron chi connectivity index (χ4n) is 3.69. The second kappa shape index (κ2) is 7.62. The maximum absolute atomic E-state index is 13.2. The van der Waals surface area contributed by atoms with Crippen LogP contribution in [-0.4, -0.2) is 57.0 Å². The zero-order valence-electron chi connectivity index (χ0n) is 15.7. The smallest absolute Gasteiger partial charge is 0.277 e. The Morgan fingerprint density at radius 3 is 2.70 bits per heavy atom. The first kappa shape index (κ1) is 19.3. The number of allylic oxidation sites excluding steroid dienone is 1. The number of likely N-dealkylation sites (N-methyl/N-ethyl adjacent to an activating group) is 1. The van der Waals surface area contributed by atoms with Gasteiger partial charge in [-0.15, -0.1) is 12.4 Å². The van der Waals surface area contributed by atoms with Crippen LogP contribution in [0.1, 0.15) is 19.4 Å². The van der Waals surface area contributed by atoms with Crippen molar-refractivity contribution in [3.8, 4) is 0 Å². The van der Waals surface area contributed by atoms with E-state index >= 15 is 0 Å². The fraction of sp³-hybridized carbons (Fsp3) is 0.368. The highest BCUT2D eigenvalue weighted by atomic mass is 35.5. The van der Waals surface area contributed by atoms with Gasteiger partial charge in [-0.2, -0.15) is 0 Å². The Kier molecular flexibility index (Phi) is 5.43. The largest absolute Gasteiger partial charge is 0.350 e. The van der Waals surface area contributed by atoms with Gasteiger partial charge in [0.25, 0.3) is 5.91 Å². The molecule has 144 valence electrons. The standard InChI is InChI=1S/C19H23N5O2.ClH/c1-4-22-14(2)5-6-16-18(22)24-13-21(26-3)12-17(24)19(25)23(16)11-15-7-9-20-10-8-15;/h5-10,12,14H,4,11,13H2,1-3H3;1H. The lowest BCUT2D eigenvalue weighted by Crippen LogP contribution is -2.51. The molecule has 3 aliphatic rings. The van der Waals surface area contributed by atoms with Crippen molar-refractivity contribution in [3.05, 3.63) is 65.7 Å². The summed E-state index contributed by atoms with van der Waals surface area (Å²) in [5.41, 5.74) is 2.62. The van der Waals surface area contributed by atoms with Gasteiger partial charge in [0, 0.05) is 25.0 Å². The van der Waals surface area contributed by atoms with Gasteiger partial charge < -0.3 is 4.90 Å². The van der Waals surface area contributed by atoms with Gasteiger partial charge in [-0.25, -0.2) is 5.06 Å². The molecule has 1 aromatic rings. The van der Waals surface area contributed by atoms with Crippen LogP contribution in [0, 0.1) is 0 Å². The molecule has 3 aliphatic heterocycles. The first-order valence-electron chi connectivity index (χ1n) is 8.84. The number of fused-ring (bicyclic) bond motifs is 2. The van der Waals surface area contributed by atoms with Gasteiger partial charge in [-0.1, -0.05) is 6.08 Å². The maximum atomic E-state index is 13.2. The van der Waals surface area contributed by atoms with Gasteiger partial charge in [-0.3, -0.25) is 24.4 Å². The van der Waals surface area contributed by atoms with Crippen molar-refractivity contribution < 1.29 is 9.63 Å². The third kappa shape index (κ3) is 3.17. The second-order valence-electron chi connectivity index (χ2n) is 6.52. The third-order valence-electron chi connectivity index (χ3n) is 5.04. The Morgan fingerprint density at radius 2 is 2.04 bits per heavy atom. The van der Waals surface area contributed by atoms with Crippen molar-refractivity contribution in [2.75, 3.05) is 20.3 Å². The molecule has 0 bridgehead atoms. The zero-order valence-corrected chi connectivity index (χ0v) is 16.5. The summed E-state index contributed by atoms with van der Waals surface area (Å²) >= 11 is 0. The molecule has 0 N–H and O–H groups in total. The lowest BCUT2D eigenvalue weighted by molar-refractivity contribution is -0.129. The molecule has 0 aliphatic carbocycles. The maximum Gasteiger partial charge on any atom is 0.277 e. The van der Waals surface area contributed by atoms with E-state index in [-0.39, 0.29) is 24.4 Å². The average Bonchev–Trinajstić information content (AvgIpc) is 3.10. The molecule has 1 unspecified atom stereocenters. The fourth-order valence-corrected chi connectivity index (χ4v) is 3.69. The predicted molar refractivity (Wildman–Crippen MR) is 104 cm³/mol. The molecule has 1 atom stereocenters. The summed E-state index contributed by atoms with van der Waals surface area (Å²) in [4.78, 5) is 28.9. The first-order chi connectivity index (χ1) is 12.6. The molecule has 0 fully saturated rings. The molecule has 1 amide bonds. The minimum atomic E-state index is -0.0182. The van der Waals surface area contributed by atoms with Crippen molar-refractivity contribution >= 4 is 18.3 Å². The van der Waals surface area contributed by atoms with Crippen LogP contribution < -0.4 is 0 Å². The van der Waals surface area contributed by atoms with E-state index in [1.807, 2.05) is 21.9 Å². The lowest BCUT2D eigenvalue weighted by Gasteiger charge is -2.45. The lowest BCUT2D eigenvalue weighted by atomic mass is 10.1. The quantitative estimate of drug-likeness (QED) is 0.787. The van der Waals surface area contributed by atoms with Gasteiger partial charge in [0.2, 0.25) is 0 Å². The van der Waals surface area contributed by atoms with Crippen LogP contribution in [0.2, 0.25) is 0 Å². The van der Waals surface area contributed by atoms with Gasteiger partial charge in [0.05, 0.1) is 25.6 Å². The Balaban J connectivity index is 0.00000210. The minimum absolute atomic E-state index is 0. The number of carbonyl (C=O) groups is 1. The monoisotopic (exact) mass is 389 g/mol. The van der Waals surface area contributed by atoms with Crippen molar-refractivity contribution in [1.82, 2.24) is 24.7 Å². The number of rotatable bonds is 4. The Labute approximate surface area is 165 Å². The molecule has 4 rings (SSSR count). The Hall–Kier alpha value is -2.51. The molecule has 0 radical (unpaired) electrons. The molecule has 0 saturated carbocycles. The highest BCUT2D eigenvalue weighted by Crippen LogP contribution is 2.38. The minimum Gasteiger partial charge on any atom is -0.350 e. The van der Waals surface area contributed by atoms with Gasteiger partial charge >= 0.3 is 0 Å². The molecular formula is C19H24ClN5O2. The Morgan fingerprint density at radius 1 is 1.30 bits per heavy atom. The van der Waals surface area contributed by atoms with Crippen molar-refractivity contribution in [1.29, 1.82) is 0 Å². The van der Waals surface area contributed by atoms with Crippen LogP contribution in [0.5, 0.6) is 0 Å². The number of hydrogen-bond acceptors (Lipinski definition) is 6. The van der Waals surface area contributed by atoms with Crippen LogP contribution in [0.15, 0.2) is 60.1 Å². The molecule has 1 aromatic heterocycles. The summed E-state index contributed by atoms with van der Waals surface area (Å²) < 4.78 is 0. The van der Waals surface area contributed by atoms with Crippen LogP contribution in [-0.2, 0) is 16.2 Å². The van der Waals surface area contributed by atoms with Crippen LogP contribution in [0.4, 0.5) is 0 Å². The molecular weight excluding hydrogens is 366 g/mol. The van der Waals surface area contributed by atoms with E-state index in [1.54, 1.807) is 30.8 Å². The van der Waals surface area contributed by atoms with Crippen LogP contribution >= 0.6 is 12.4 Å². The van der Waals surface area contributed by atoms with Crippen LogP contribution in [0.3, 0.4) is 0 Å². The molecule has 0 aromatic carbocycles. The third-order valence-corrected chi connectivity index (χ3v) is 5.04. The van der Waals surface area contributed by atoms with Gasteiger partial charge in [0.1, 0.15) is 18.2 Å². The normalized spacial score (nSPS) is 21.2. The molecule has 27 heavy (non-hydrogen) atoms. The van der Waals surface area contributed by atoms with Crippen LogP contribution in [0.25, 0.3) is 0 Å². The number of hydrogen-bond donors (Lipinski definition) is 0. The Bertz CT molecular complexity index is 808. The number of pyridine rings is 1. The summed E-state index contributed by atoms with van der Waals surface area (Å²) in [7, 11) is 1.62. The van der Waals surface area contributed by atoms with Gasteiger partial charge in [-0.05, 0) is 37.6 Å². The summed E-state index contributed by atoms with van der Waals surface area (Å²) in [6.45, 7) is 6.18. The number of nitrogens with zero attached hydrogens (tertiary/aromatic N) is 5. The predicted octanol–water partition coefficient (Wildman–Crippen LogP) is 2.27. The summed E-state index contributed by atoms with van der Waals surface area (Å²) in [6.07, 6.45) is 9.50. The van der Waals surface area contributed by atoms with Crippen molar-refractivity contribution in [3.63, 3.8) is 0 Å². The molecule has 7 nitrogen and oxygen atoms in total. The summed E-state index contributed by atoms with van der Waals surface area (Å²) in [5.74, 6) is 1.04. The zero-order chi connectivity index (χ0) is 18.3. The first-order valence-corrected chi connectivity index (χ1v) is 8.84. The van der Waals surface area contributed by atoms with E-state index in [0.29, 0.717) is 18.9 Å². The van der Waals surface area contributed by atoms with E-state index in [2.05, 4.69) is 35.9 Å².